The van der Waals surface area contributed by atoms with Gasteiger partial charge in [0.05, 0.1) is 0 Å². The molecular formula is C15H24N4O. The Hall–Kier alpha value is -1.36. The predicted molar refractivity (Wildman–Crippen MR) is 77.8 cm³/mol. The summed E-state index contributed by atoms with van der Waals surface area (Å²) in [6.07, 6.45) is 3.49. The molecule has 0 aliphatic carbocycles. The zero-order chi connectivity index (χ0) is 14.3. The monoisotopic (exact) mass is 276 g/mol. The van der Waals surface area contributed by atoms with E-state index in [-0.39, 0.29) is 11.3 Å². The lowest BCUT2D eigenvalue weighted by Crippen LogP contribution is -2.39. The number of carbonyl (C=O) groups excluding carboxylic acids is 1. The van der Waals surface area contributed by atoms with E-state index in [1.54, 1.807) is 0 Å². The van der Waals surface area contributed by atoms with E-state index < -0.39 is 0 Å². The number of likely N-dealkylation sites (tertiary alicyclic amines) is 1. The van der Waals surface area contributed by atoms with Crippen LogP contribution in [-0.4, -0.2) is 46.2 Å². The molecule has 110 valence electrons. The number of H-pyrrole nitrogens is 1. The summed E-state index contributed by atoms with van der Waals surface area (Å²) in [5.41, 5.74) is 1.55. The summed E-state index contributed by atoms with van der Waals surface area (Å²) in [7, 11) is 0. The maximum atomic E-state index is 12.6. The van der Waals surface area contributed by atoms with Crippen molar-refractivity contribution >= 4 is 5.91 Å². The van der Waals surface area contributed by atoms with Crippen molar-refractivity contribution in [2.24, 2.45) is 0 Å². The molecule has 0 aromatic carbocycles. The lowest BCUT2D eigenvalue weighted by atomic mass is 9.92. The van der Waals surface area contributed by atoms with E-state index in [4.69, 9.17) is 0 Å². The van der Waals surface area contributed by atoms with Crippen molar-refractivity contribution in [2.75, 3.05) is 13.1 Å². The summed E-state index contributed by atoms with van der Waals surface area (Å²) in [6.45, 7) is 7.99. The number of fused-ring (bicyclic) bond motifs is 2. The predicted octanol–water partition coefficient (Wildman–Crippen LogP) is 1.67. The first-order valence-electron chi connectivity index (χ1n) is 7.55. The minimum absolute atomic E-state index is 0.00899. The Morgan fingerprint density at radius 3 is 2.75 bits per heavy atom. The fourth-order valence-corrected chi connectivity index (χ4v) is 3.10. The van der Waals surface area contributed by atoms with Gasteiger partial charge in [-0.1, -0.05) is 20.8 Å². The second-order valence-electron chi connectivity index (χ2n) is 7.09. The zero-order valence-electron chi connectivity index (χ0n) is 12.6. The molecule has 2 atom stereocenters. The molecule has 0 saturated carbocycles. The highest BCUT2D eigenvalue weighted by Crippen LogP contribution is 2.23. The summed E-state index contributed by atoms with van der Waals surface area (Å²) < 4.78 is 0. The molecule has 0 spiro atoms. The molecule has 5 heteroatoms. The smallest absolute Gasteiger partial charge is 0.274 e. The van der Waals surface area contributed by atoms with Crippen molar-refractivity contribution in [3.05, 3.63) is 17.5 Å². The first kappa shape index (κ1) is 13.6. The molecule has 1 aromatic rings. The minimum Gasteiger partial charge on any atom is -0.336 e. The van der Waals surface area contributed by atoms with Crippen LogP contribution in [0.15, 0.2) is 6.07 Å². The van der Waals surface area contributed by atoms with Crippen LogP contribution >= 0.6 is 0 Å². The molecule has 2 aliphatic heterocycles. The number of aromatic amines is 1. The highest BCUT2D eigenvalue weighted by molar-refractivity contribution is 5.92. The minimum atomic E-state index is -0.00899. The first-order chi connectivity index (χ1) is 9.43. The Morgan fingerprint density at radius 2 is 2.05 bits per heavy atom. The van der Waals surface area contributed by atoms with Gasteiger partial charge in [0.2, 0.25) is 0 Å². The topological polar surface area (TPSA) is 61.0 Å². The number of aromatic nitrogens is 2. The quantitative estimate of drug-likeness (QED) is 0.820. The largest absolute Gasteiger partial charge is 0.336 e. The number of nitrogens with one attached hydrogen (secondary N) is 2. The number of hydrogen-bond donors (Lipinski definition) is 2. The molecule has 5 nitrogen and oxygen atoms in total. The molecule has 0 radical (unpaired) electrons. The van der Waals surface area contributed by atoms with Crippen molar-refractivity contribution < 1.29 is 4.79 Å². The molecule has 2 aliphatic rings. The van der Waals surface area contributed by atoms with Crippen molar-refractivity contribution in [1.82, 2.24) is 20.4 Å². The number of hydrogen-bond acceptors (Lipinski definition) is 3. The molecule has 2 saturated heterocycles. The van der Waals surface area contributed by atoms with Gasteiger partial charge in [-0.25, -0.2) is 0 Å². The molecule has 1 amide bonds. The Kier molecular flexibility index (Phi) is 3.32. The van der Waals surface area contributed by atoms with Crippen molar-refractivity contribution in [1.29, 1.82) is 0 Å². The van der Waals surface area contributed by atoms with Gasteiger partial charge in [-0.05, 0) is 25.3 Å². The van der Waals surface area contributed by atoms with Gasteiger partial charge in [-0.2, -0.15) is 5.10 Å². The van der Waals surface area contributed by atoms with Gasteiger partial charge in [0, 0.05) is 36.3 Å². The van der Waals surface area contributed by atoms with Crippen LogP contribution in [0.3, 0.4) is 0 Å². The summed E-state index contributed by atoms with van der Waals surface area (Å²) in [6, 6.07) is 2.97. The van der Waals surface area contributed by atoms with E-state index in [2.05, 4.69) is 36.3 Å². The summed E-state index contributed by atoms with van der Waals surface area (Å²) >= 11 is 0. The fourth-order valence-electron chi connectivity index (χ4n) is 3.10. The maximum absolute atomic E-state index is 12.6. The number of rotatable bonds is 1. The van der Waals surface area contributed by atoms with E-state index in [1.807, 2.05) is 11.0 Å². The average Bonchev–Trinajstić information content (AvgIpc) is 2.94. The zero-order valence-corrected chi connectivity index (χ0v) is 12.6. The second-order valence-corrected chi connectivity index (χ2v) is 7.09. The third-order valence-corrected chi connectivity index (χ3v) is 4.42. The van der Waals surface area contributed by atoms with Crippen LogP contribution in [-0.2, 0) is 5.41 Å². The third kappa shape index (κ3) is 2.59. The molecule has 2 bridgehead atoms. The first-order valence-corrected chi connectivity index (χ1v) is 7.55. The van der Waals surface area contributed by atoms with Crippen LogP contribution in [0.4, 0.5) is 0 Å². The SMILES string of the molecule is CC(C)(C)c1cc(C(=O)N2CCC3CCC(C2)N3)n[nH]1. The Balaban J connectivity index is 1.73. The van der Waals surface area contributed by atoms with Crippen LogP contribution in [0.1, 0.15) is 56.2 Å². The third-order valence-electron chi connectivity index (χ3n) is 4.42. The van der Waals surface area contributed by atoms with Gasteiger partial charge < -0.3 is 10.2 Å². The van der Waals surface area contributed by atoms with Gasteiger partial charge >= 0.3 is 0 Å². The fraction of sp³-hybridized carbons (Fsp3) is 0.733. The Bertz CT molecular complexity index is 502. The van der Waals surface area contributed by atoms with Gasteiger partial charge in [0.25, 0.3) is 5.91 Å². The summed E-state index contributed by atoms with van der Waals surface area (Å²) in [5.74, 6) is 0.0612. The van der Waals surface area contributed by atoms with Crippen LogP contribution in [0.5, 0.6) is 0 Å². The summed E-state index contributed by atoms with van der Waals surface area (Å²) in [4.78, 5) is 14.5. The normalized spacial score (nSPS) is 26.6. The lowest BCUT2D eigenvalue weighted by molar-refractivity contribution is 0.0742. The van der Waals surface area contributed by atoms with E-state index in [1.165, 1.54) is 12.8 Å². The van der Waals surface area contributed by atoms with Crippen molar-refractivity contribution in [3.8, 4) is 0 Å². The van der Waals surface area contributed by atoms with Gasteiger partial charge in [0.1, 0.15) is 5.69 Å². The van der Waals surface area contributed by atoms with Crippen molar-refractivity contribution in [3.63, 3.8) is 0 Å². The number of carbonyl (C=O) groups is 1. The standard InChI is InChI=1S/C15H24N4O/c1-15(2,3)13-8-12(17-18-13)14(20)19-7-6-10-4-5-11(9-19)16-10/h8,10-11,16H,4-7,9H2,1-3H3,(H,17,18). The van der Waals surface area contributed by atoms with Crippen LogP contribution < -0.4 is 5.32 Å². The van der Waals surface area contributed by atoms with Crippen LogP contribution in [0, 0.1) is 0 Å². The van der Waals surface area contributed by atoms with Gasteiger partial charge in [-0.15, -0.1) is 0 Å². The Labute approximate surface area is 120 Å². The highest BCUT2D eigenvalue weighted by atomic mass is 16.2. The Morgan fingerprint density at radius 1 is 1.30 bits per heavy atom. The molecule has 2 N–H and O–H groups in total. The lowest BCUT2D eigenvalue weighted by Gasteiger charge is -2.23. The van der Waals surface area contributed by atoms with E-state index in [9.17, 15) is 4.79 Å². The number of nitrogens with zero attached hydrogens (tertiary/aromatic N) is 2. The molecule has 1 aromatic heterocycles. The van der Waals surface area contributed by atoms with Gasteiger partial charge in [0.15, 0.2) is 0 Å². The molecule has 20 heavy (non-hydrogen) atoms. The average molecular weight is 276 g/mol. The second kappa shape index (κ2) is 4.88. The summed E-state index contributed by atoms with van der Waals surface area (Å²) in [5, 5.41) is 10.8. The number of amides is 1. The van der Waals surface area contributed by atoms with Crippen LogP contribution in [0.2, 0.25) is 0 Å². The van der Waals surface area contributed by atoms with E-state index in [0.717, 1.165) is 25.2 Å². The highest BCUT2D eigenvalue weighted by Gasteiger charge is 2.32. The molecule has 3 rings (SSSR count). The van der Waals surface area contributed by atoms with Gasteiger partial charge in [-0.3, -0.25) is 9.89 Å². The van der Waals surface area contributed by atoms with E-state index >= 15 is 0 Å². The molecular weight excluding hydrogens is 252 g/mol. The molecule has 2 unspecified atom stereocenters. The maximum Gasteiger partial charge on any atom is 0.274 e. The van der Waals surface area contributed by atoms with Crippen LogP contribution in [0.25, 0.3) is 0 Å². The molecule has 3 heterocycles. The van der Waals surface area contributed by atoms with E-state index in [0.29, 0.717) is 17.8 Å². The van der Waals surface area contributed by atoms with Crippen molar-refractivity contribution in [2.45, 2.75) is 57.5 Å². The molecule has 2 fully saturated rings.